The highest BCUT2D eigenvalue weighted by Crippen LogP contribution is 2.22. The fourth-order valence-electron chi connectivity index (χ4n) is 1.27. The number of hydrogen-bond donors (Lipinski definition) is 1. The van der Waals surface area contributed by atoms with Crippen molar-refractivity contribution in [1.29, 1.82) is 0 Å². The van der Waals surface area contributed by atoms with Gasteiger partial charge in [-0.15, -0.1) is 0 Å². The van der Waals surface area contributed by atoms with E-state index in [9.17, 15) is 18.4 Å². The molecule has 7 heteroatoms. The van der Waals surface area contributed by atoms with Gasteiger partial charge in [-0.1, -0.05) is 0 Å². The number of aryl methyl sites for hydroxylation is 1. The third-order valence-electron chi connectivity index (χ3n) is 2.18. The first-order valence-corrected chi connectivity index (χ1v) is 5.10. The zero-order chi connectivity index (χ0) is 13.9. The summed E-state index contributed by atoms with van der Waals surface area (Å²) >= 11 is 0. The number of carbonyl (C=O) groups excluding carboxylic acids is 2. The highest BCUT2D eigenvalue weighted by atomic mass is 19.3. The second-order valence-corrected chi connectivity index (χ2v) is 3.88. The number of amides is 2. The Balaban J connectivity index is 2.84. The van der Waals surface area contributed by atoms with Crippen LogP contribution in [0.25, 0.3) is 0 Å². The van der Waals surface area contributed by atoms with Crippen molar-refractivity contribution in [2.75, 3.05) is 19.4 Å². The molecule has 0 fully saturated rings. The molecule has 0 aromatic carbocycles. The van der Waals surface area contributed by atoms with Crippen molar-refractivity contribution in [3.8, 4) is 0 Å². The number of nitrogens with one attached hydrogen (secondary N) is 1. The maximum absolute atomic E-state index is 12.4. The van der Waals surface area contributed by atoms with Gasteiger partial charge < -0.3 is 10.2 Å². The molecule has 0 atom stereocenters. The number of halogens is 2. The van der Waals surface area contributed by atoms with Crippen molar-refractivity contribution in [2.24, 2.45) is 0 Å². The second kappa shape index (κ2) is 5.52. The Morgan fingerprint density at radius 2 is 2.00 bits per heavy atom. The van der Waals surface area contributed by atoms with Crippen LogP contribution < -0.4 is 5.32 Å². The molecular formula is C11H13F2N3O2. The van der Waals surface area contributed by atoms with E-state index >= 15 is 0 Å². The Labute approximate surface area is 103 Å². The molecule has 0 aliphatic heterocycles. The summed E-state index contributed by atoms with van der Waals surface area (Å²) in [7, 11) is 2.87. The maximum atomic E-state index is 12.4. The molecule has 0 saturated heterocycles. The van der Waals surface area contributed by atoms with E-state index in [1.165, 1.54) is 27.1 Å². The van der Waals surface area contributed by atoms with Crippen LogP contribution in [0.3, 0.4) is 0 Å². The molecule has 1 N–H and O–H groups in total. The first-order chi connectivity index (χ1) is 8.32. The van der Waals surface area contributed by atoms with Gasteiger partial charge in [0.2, 0.25) is 0 Å². The summed E-state index contributed by atoms with van der Waals surface area (Å²) in [5, 5.41) is 2.29. The molecule has 1 heterocycles. The van der Waals surface area contributed by atoms with Crippen LogP contribution in [0.4, 0.5) is 14.5 Å². The van der Waals surface area contributed by atoms with Gasteiger partial charge in [0.15, 0.2) is 0 Å². The number of pyridine rings is 1. The van der Waals surface area contributed by atoms with E-state index in [-0.39, 0.29) is 16.9 Å². The zero-order valence-electron chi connectivity index (χ0n) is 10.2. The van der Waals surface area contributed by atoms with Gasteiger partial charge in [-0.3, -0.25) is 14.6 Å². The summed E-state index contributed by atoms with van der Waals surface area (Å²) in [4.78, 5) is 27.3. The minimum Gasteiger partial charge on any atom is -0.341 e. The van der Waals surface area contributed by atoms with Gasteiger partial charge in [0.25, 0.3) is 6.43 Å². The van der Waals surface area contributed by atoms with Crippen LogP contribution >= 0.6 is 0 Å². The number of aromatic nitrogens is 1. The van der Waals surface area contributed by atoms with Crippen LogP contribution in [0, 0.1) is 6.92 Å². The van der Waals surface area contributed by atoms with Crippen molar-refractivity contribution in [3.05, 3.63) is 23.5 Å². The van der Waals surface area contributed by atoms with Gasteiger partial charge in [-0.25, -0.2) is 8.78 Å². The number of carbonyl (C=O) groups is 2. The predicted octanol–water partition coefficient (Wildman–Crippen LogP) is 1.35. The number of rotatable bonds is 2. The molecule has 5 nitrogen and oxygen atoms in total. The van der Waals surface area contributed by atoms with E-state index in [0.29, 0.717) is 0 Å². The van der Waals surface area contributed by atoms with Gasteiger partial charge in [-0.05, 0) is 18.6 Å². The summed E-state index contributed by atoms with van der Waals surface area (Å²) in [5.41, 5.74) is 0.115. The Morgan fingerprint density at radius 3 is 2.44 bits per heavy atom. The molecule has 18 heavy (non-hydrogen) atoms. The predicted molar refractivity (Wildman–Crippen MR) is 61.3 cm³/mol. The monoisotopic (exact) mass is 257 g/mol. The first-order valence-electron chi connectivity index (χ1n) is 5.10. The molecule has 2 amide bonds. The molecular weight excluding hydrogens is 244 g/mol. The molecule has 0 aliphatic rings. The van der Waals surface area contributed by atoms with Gasteiger partial charge in [-0.2, -0.15) is 0 Å². The zero-order valence-corrected chi connectivity index (χ0v) is 10.2. The fraction of sp³-hybridized carbons (Fsp3) is 0.364. The maximum Gasteiger partial charge on any atom is 0.313 e. The van der Waals surface area contributed by atoms with E-state index in [1.54, 1.807) is 0 Å². The molecule has 0 spiro atoms. The highest BCUT2D eigenvalue weighted by molar-refractivity contribution is 6.39. The Bertz CT molecular complexity index is 475. The van der Waals surface area contributed by atoms with E-state index in [1.807, 2.05) is 0 Å². The fourth-order valence-corrected chi connectivity index (χ4v) is 1.27. The van der Waals surface area contributed by atoms with Crippen LogP contribution in [-0.4, -0.2) is 35.8 Å². The summed E-state index contributed by atoms with van der Waals surface area (Å²) in [6, 6.07) is 1.34. The summed E-state index contributed by atoms with van der Waals surface area (Å²) < 4.78 is 24.9. The third kappa shape index (κ3) is 3.22. The van der Waals surface area contributed by atoms with Crippen LogP contribution in [0.5, 0.6) is 0 Å². The lowest BCUT2D eigenvalue weighted by atomic mass is 10.2. The summed E-state index contributed by atoms with van der Waals surface area (Å²) in [6.07, 6.45) is -1.58. The lowest BCUT2D eigenvalue weighted by Gasteiger charge is -2.11. The van der Waals surface area contributed by atoms with Crippen LogP contribution in [-0.2, 0) is 9.59 Å². The largest absolute Gasteiger partial charge is 0.341 e. The Hall–Kier alpha value is -2.05. The lowest BCUT2D eigenvalue weighted by molar-refractivity contribution is -0.141. The Kier molecular flexibility index (Phi) is 4.30. The molecule has 98 valence electrons. The quantitative estimate of drug-likeness (QED) is 0.813. The topological polar surface area (TPSA) is 62.3 Å². The highest BCUT2D eigenvalue weighted by Gasteiger charge is 2.17. The molecule has 0 saturated carbocycles. The van der Waals surface area contributed by atoms with Gasteiger partial charge in [0, 0.05) is 14.1 Å². The molecule has 0 radical (unpaired) electrons. The van der Waals surface area contributed by atoms with Gasteiger partial charge >= 0.3 is 11.8 Å². The SMILES string of the molecule is Cc1cc(NC(=O)C(=O)N(C)C)cnc1C(F)F. The smallest absolute Gasteiger partial charge is 0.313 e. The minimum atomic E-state index is -2.67. The number of alkyl halides is 2. The number of nitrogens with zero attached hydrogens (tertiary/aromatic N) is 2. The molecule has 1 rings (SSSR count). The summed E-state index contributed by atoms with van der Waals surface area (Å²) in [5.74, 6) is -1.57. The summed E-state index contributed by atoms with van der Waals surface area (Å²) in [6.45, 7) is 1.46. The van der Waals surface area contributed by atoms with E-state index in [2.05, 4.69) is 10.3 Å². The molecule has 1 aromatic rings. The third-order valence-corrected chi connectivity index (χ3v) is 2.18. The minimum absolute atomic E-state index is 0.206. The molecule has 0 unspecified atom stereocenters. The van der Waals surface area contributed by atoms with E-state index in [4.69, 9.17) is 0 Å². The van der Waals surface area contributed by atoms with E-state index < -0.39 is 18.2 Å². The lowest BCUT2D eigenvalue weighted by Crippen LogP contribution is -2.34. The molecule has 1 aromatic heterocycles. The second-order valence-electron chi connectivity index (χ2n) is 3.88. The van der Waals surface area contributed by atoms with Crippen LogP contribution in [0.2, 0.25) is 0 Å². The number of likely N-dealkylation sites (N-methyl/N-ethyl adjacent to an activating group) is 1. The van der Waals surface area contributed by atoms with Crippen LogP contribution in [0.1, 0.15) is 17.7 Å². The van der Waals surface area contributed by atoms with Crippen molar-refractivity contribution in [3.63, 3.8) is 0 Å². The van der Waals surface area contributed by atoms with Crippen molar-refractivity contribution in [1.82, 2.24) is 9.88 Å². The van der Waals surface area contributed by atoms with Crippen molar-refractivity contribution in [2.45, 2.75) is 13.3 Å². The van der Waals surface area contributed by atoms with Crippen LogP contribution in [0.15, 0.2) is 12.3 Å². The standard InChI is InChI=1S/C11H13F2N3O2/c1-6-4-7(5-14-8(6)9(12)13)15-10(17)11(18)16(2)3/h4-5,9H,1-3H3,(H,15,17). The van der Waals surface area contributed by atoms with Gasteiger partial charge in [0.05, 0.1) is 11.9 Å². The number of hydrogen-bond acceptors (Lipinski definition) is 3. The van der Waals surface area contributed by atoms with E-state index in [0.717, 1.165) is 11.1 Å². The van der Waals surface area contributed by atoms with Crippen molar-refractivity contribution >= 4 is 17.5 Å². The van der Waals surface area contributed by atoms with Gasteiger partial charge in [0.1, 0.15) is 5.69 Å². The molecule has 0 bridgehead atoms. The average molecular weight is 257 g/mol. The Morgan fingerprint density at radius 1 is 1.39 bits per heavy atom. The van der Waals surface area contributed by atoms with Crippen molar-refractivity contribution < 1.29 is 18.4 Å². The normalized spacial score (nSPS) is 10.3. The average Bonchev–Trinajstić information content (AvgIpc) is 2.27. The number of anilines is 1. The molecule has 0 aliphatic carbocycles. The first kappa shape index (κ1) is 14.0.